The van der Waals surface area contributed by atoms with Gasteiger partial charge in [0.25, 0.3) is 0 Å². The average Bonchev–Trinajstić information content (AvgIpc) is 2.94. The first-order valence-electron chi connectivity index (χ1n) is 8.30. The second-order valence-electron chi connectivity index (χ2n) is 6.26. The minimum atomic E-state index is 0.533. The van der Waals surface area contributed by atoms with Crippen molar-refractivity contribution < 1.29 is 4.74 Å². The Balaban J connectivity index is 1.81. The number of rotatable bonds is 6. The molecule has 1 aromatic heterocycles. The van der Waals surface area contributed by atoms with Gasteiger partial charge >= 0.3 is 0 Å². The van der Waals surface area contributed by atoms with E-state index in [1.54, 1.807) is 17.9 Å². The van der Waals surface area contributed by atoms with Crippen molar-refractivity contribution in [1.82, 2.24) is 19.2 Å². The monoisotopic (exact) mass is 422 g/mol. The van der Waals surface area contributed by atoms with Gasteiger partial charge in [0.05, 0.1) is 23.8 Å². The molecule has 0 aliphatic carbocycles. The van der Waals surface area contributed by atoms with E-state index in [-0.39, 0.29) is 0 Å². The van der Waals surface area contributed by atoms with Crippen LogP contribution in [0.1, 0.15) is 5.56 Å². The van der Waals surface area contributed by atoms with Gasteiger partial charge in [-0.3, -0.25) is 4.90 Å². The molecule has 0 spiro atoms. The number of nitrogens with zero attached hydrogens (tertiary/aromatic N) is 4. The molecule has 0 aliphatic rings. The summed E-state index contributed by atoms with van der Waals surface area (Å²) in [6.45, 7) is 1.17. The molecule has 0 saturated carbocycles. The van der Waals surface area contributed by atoms with Crippen molar-refractivity contribution in [2.75, 3.05) is 14.2 Å². The van der Waals surface area contributed by atoms with Crippen molar-refractivity contribution in [2.45, 2.75) is 13.2 Å². The van der Waals surface area contributed by atoms with Gasteiger partial charge < -0.3 is 9.30 Å². The molecule has 142 valence electrons. The Morgan fingerprint density at radius 2 is 1.85 bits per heavy atom. The van der Waals surface area contributed by atoms with Crippen molar-refractivity contribution in [3.63, 3.8) is 0 Å². The van der Waals surface area contributed by atoms with E-state index in [1.165, 1.54) is 0 Å². The molecule has 3 rings (SSSR count). The summed E-state index contributed by atoms with van der Waals surface area (Å²) in [6, 6.07) is 13.4. The highest BCUT2D eigenvalue weighted by molar-refractivity contribution is 7.71. The highest BCUT2D eigenvalue weighted by Crippen LogP contribution is 2.26. The van der Waals surface area contributed by atoms with Crippen LogP contribution in [-0.2, 0) is 20.3 Å². The fraction of sp³-hybridized carbons (Fsp3) is 0.263. The first-order chi connectivity index (χ1) is 12.9. The van der Waals surface area contributed by atoms with Crippen molar-refractivity contribution in [3.05, 3.63) is 62.8 Å². The largest absolute Gasteiger partial charge is 0.497 e. The summed E-state index contributed by atoms with van der Waals surface area (Å²) in [7, 11) is 5.55. The maximum absolute atomic E-state index is 6.29. The van der Waals surface area contributed by atoms with Gasteiger partial charge in [-0.2, -0.15) is 5.10 Å². The fourth-order valence-electron chi connectivity index (χ4n) is 2.81. The van der Waals surface area contributed by atoms with Gasteiger partial charge in [-0.15, -0.1) is 0 Å². The van der Waals surface area contributed by atoms with Crippen LogP contribution in [0.25, 0.3) is 11.4 Å². The van der Waals surface area contributed by atoms with Gasteiger partial charge in [0.15, 0.2) is 10.6 Å². The van der Waals surface area contributed by atoms with Crippen LogP contribution in [0.2, 0.25) is 10.0 Å². The Bertz CT molecular complexity index is 998. The summed E-state index contributed by atoms with van der Waals surface area (Å²) in [4.78, 5) is 2.08. The van der Waals surface area contributed by atoms with Gasteiger partial charge in [0, 0.05) is 19.2 Å². The zero-order valence-electron chi connectivity index (χ0n) is 15.3. The lowest BCUT2D eigenvalue weighted by Crippen LogP contribution is -2.22. The molecule has 0 amide bonds. The summed E-state index contributed by atoms with van der Waals surface area (Å²) in [5.74, 6) is 1.61. The normalized spacial score (nSPS) is 11.2. The zero-order valence-corrected chi connectivity index (χ0v) is 17.6. The van der Waals surface area contributed by atoms with Crippen molar-refractivity contribution in [2.24, 2.45) is 7.05 Å². The second-order valence-corrected chi connectivity index (χ2v) is 7.41. The highest BCUT2D eigenvalue weighted by Gasteiger charge is 2.13. The topological polar surface area (TPSA) is 35.2 Å². The average molecular weight is 423 g/mol. The third kappa shape index (κ3) is 4.35. The number of hydrogen-bond acceptors (Lipinski definition) is 4. The summed E-state index contributed by atoms with van der Waals surface area (Å²) in [5.41, 5.74) is 1.94. The molecule has 0 saturated heterocycles. The summed E-state index contributed by atoms with van der Waals surface area (Å²) in [6.07, 6.45) is 0. The van der Waals surface area contributed by atoms with Gasteiger partial charge in [-0.05, 0) is 55.2 Å². The molecular weight excluding hydrogens is 403 g/mol. The maximum atomic E-state index is 6.29. The van der Waals surface area contributed by atoms with E-state index < -0.39 is 0 Å². The third-order valence-electron chi connectivity index (χ3n) is 4.24. The molecule has 0 N–H and O–H groups in total. The van der Waals surface area contributed by atoms with E-state index >= 15 is 0 Å². The molecule has 0 fully saturated rings. The van der Waals surface area contributed by atoms with E-state index in [0.29, 0.717) is 28.0 Å². The lowest BCUT2D eigenvalue weighted by Gasteiger charge is -2.17. The summed E-state index contributed by atoms with van der Waals surface area (Å²) < 4.78 is 9.55. The molecule has 0 unspecified atom stereocenters. The van der Waals surface area contributed by atoms with E-state index in [4.69, 9.17) is 45.3 Å². The van der Waals surface area contributed by atoms with Crippen molar-refractivity contribution in [1.29, 1.82) is 0 Å². The Morgan fingerprint density at radius 3 is 2.52 bits per heavy atom. The lowest BCUT2D eigenvalue weighted by atomic mass is 10.2. The Kier molecular flexibility index (Phi) is 6.22. The minimum Gasteiger partial charge on any atom is -0.497 e. The second kappa shape index (κ2) is 8.44. The molecule has 8 heteroatoms. The molecule has 3 aromatic rings. The van der Waals surface area contributed by atoms with E-state index in [2.05, 4.69) is 4.90 Å². The fourth-order valence-corrected chi connectivity index (χ4v) is 3.38. The van der Waals surface area contributed by atoms with E-state index in [0.717, 1.165) is 22.7 Å². The maximum Gasteiger partial charge on any atom is 0.199 e. The first kappa shape index (κ1) is 19.9. The van der Waals surface area contributed by atoms with E-state index in [9.17, 15) is 0 Å². The van der Waals surface area contributed by atoms with Gasteiger partial charge in [-0.1, -0.05) is 35.3 Å². The van der Waals surface area contributed by atoms with Crippen LogP contribution in [0.4, 0.5) is 0 Å². The quantitative estimate of drug-likeness (QED) is 0.522. The number of ether oxygens (including phenoxy) is 1. The molecular formula is C19H20Cl2N4OS. The predicted octanol–water partition coefficient (Wildman–Crippen LogP) is 5.02. The number of aromatic nitrogens is 3. The first-order valence-corrected chi connectivity index (χ1v) is 9.47. The molecule has 0 aliphatic heterocycles. The Morgan fingerprint density at radius 1 is 1.15 bits per heavy atom. The van der Waals surface area contributed by atoms with Gasteiger partial charge in [-0.25, -0.2) is 4.68 Å². The molecule has 27 heavy (non-hydrogen) atoms. The Hall–Kier alpha value is -1.86. The highest BCUT2D eigenvalue weighted by atomic mass is 35.5. The lowest BCUT2D eigenvalue weighted by molar-refractivity contribution is 0.244. The van der Waals surface area contributed by atoms with Crippen LogP contribution >= 0.6 is 35.4 Å². The zero-order chi connectivity index (χ0) is 19.6. The van der Waals surface area contributed by atoms with E-state index in [1.807, 2.05) is 55.1 Å². The summed E-state index contributed by atoms with van der Waals surface area (Å²) >= 11 is 17.9. The predicted molar refractivity (Wildman–Crippen MR) is 112 cm³/mol. The smallest absolute Gasteiger partial charge is 0.199 e. The molecule has 5 nitrogen and oxygen atoms in total. The molecule has 2 aromatic carbocycles. The van der Waals surface area contributed by atoms with Crippen LogP contribution in [-0.4, -0.2) is 33.4 Å². The number of benzene rings is 2. The molecule has 0 atom stereocenters. The van der Waals surface area contributed by atoms with Gasteiger partial charge in [0.1, 0.15) is 5.75 Å². The molecule has 1 heterocycles. The van der Waals surface area contributed by atoms with Crippen LogP contribution in [0, 0.1) is 4.77 Å². The third-order valence-corrected chi connectivity index (χ3v) is 5.58. The van der Waals surface area contributed by atoms with Crippen LogP contribution in [0.5, 0.6) is 5.75 Å². The SMILES string of the molecule is COc1ccc(-c2nn(CN(C)Cc3cccc(Cl)c3Cl)c(=S)n2C)cc1. The van der Waals surface area contributed by atoms with Crippen LogP contribution in [0.15, 0.2) is 42.5 Å². The van der Waals surface area contributed by atoms with Crippen molar-refractivity contribution in [3.8, 4) is 17.1 Å². The number of hydrogen-bond donors (Lipinski definition) is 0. The Labute approximate surface area is 173 Å². The molecule has 0 radical (unpaired) electrons. The van der Waals surface area contributed by atoms with Crippen molar-refractivity contribution >= 4 is 35.4 Å². The number of halogens is 2. The minimum absolute atomic E-state index is 0.533. The van der Waals surface area contributed by atoms with Gasteiger partial charge in [0.2, 0.25) is 0 Å². The van der Waals surface area contributed by atoms with Crippen LogP contribution < -0.4 is 4.74 Å². The summed E-state index contributed by atoms with van der Waals surface area (Å²) in [5, 5.41) is 5.82. The van der Waals surface area contributed by atoms with Crippen LogP contribution in [0.3, 0.4) is 0 Å². The number of methoxy groups -OCH3 is 1. The molecule has 0 bridgehead atoms. The standard InChI is InChI=1S/C19H20Cl2N4OS/c1-23(11-14-5-4-6-16(20)17(14)21)12-25-19(27)24(2)18(22-25)13-7-9-15(26-3)10-8-13/h4-10H,11-12H2,1-3H3.